The lowest BCUT2D eigenvalue weighted by atomic mass is 9.96. The Morgan fingerprint density at radius 2 is 2.50 bits per heavy atom. The minimum atomic E-state index is -0.0651. The van der Waals surface area contributed by atoms with E-state index in [1.165, 1.54) is 0 Å². The third-order valence-corrected chi connectivity index (χ3v) is 1.77. The van der Waals surface area contributed by atoms with Crippen LogP contribution in [-0.2, 0) is 0 Å². The van der Waals surface area contributed by atoms with Gasteiger partial charge in [0.1, 0.15) is 5.83 Å². The molecular formula is C9H13F. The highest BCUT2D eigenvalue weighted by Gasteiger charge is 2.06. The zero-order valence-corrected chi connectivity index (χ0v) is 6.31. The van der Waals surface area contributed by atoms with Crippen LogP contribution in [0.4, 0.5) is 4.39 Å². The first-order chi connectivity index (χ1) is 4.83. The van der Waals surface area contributed by atoms with Crippen molar-refractivity contribution in [3.05, 3.63) is 24.1 Å². The highest BCUT2D eigenvalue weighted by molar-refractivity contribution is 5.17. The van der Waals surface area contributed by atoms with Gasteiger partial charge in [-0.15, -0.1) is 0 Å². The maximum Gasteiger partial charge on any atom is 0.119 e. The highest BCUT2D eigenvalue weighted by atomic mass is 19.1. The van der Waals surface area contributed by atoms with Gasteiger partial charge in [-0.3, -0.25) is 0 Å². The molecule has 0 amide bonds. The summed E-state index contributed by atoms with van der Waals surface area (Å²) in [5, 5.41) is 0. The average Bonchev–Trinajstić information content (AvgIpc) is 1.88. The van der Waals surface area contributed by atoms with Gasteiger partial charge in [0, 0.05) is 0 Å². The third kappa shape index (κ3) is 1.98. The van der Waals surface area contributed by atoms with E-state index < -0.39 is 0 Å². The van der Waals surface area contributed by atoms with Crippen LogP contribution in [0.1, 0.15) is 26.2 Å². The van der Waals surface area contributed by atoms with E-state index in [1.54, 1.807) is 12.2 Å². The lowest BCUT2D eigenvalue weighted by Gasteiger charge is -2.11. The molecule has 10 heavy (non-hydrogen) atoms. The quantitative estimate of drug-likeness (QED) is 0.552. The molecule has 1 heteroatoms. The Morgan fingerprint density at radius 1 is 1.70 bits per heavy atom. The third-order valence-electron chi connectivity index (χ3n) is 1.77. The summed E-state index contributed by atoms with van der Waals surface area (Å²) in [6.45, 7) is 2.13. The molecule has 0 aromatic rings. The van der Waals surface area contributed by atoms with Crippen LogP contribution in [0.15, 0.2) is 24.1 Å². The molecule has 1 aliphatic rings. The summed E-state index contributed by atoms with van der Waals surface area (Å²) in [4.78, 5) is 0. The molecular weight excluding hydrogens is 127 g/mol. The summed E-state index contributed by atoms with van der Waals surface area (Å²) in [6.07, 6.45) is 8.45. The van der Waals surface area contributed by atoms with Gasteiger partial charge in [-0.25, -0.2) is 4.39 Å². The van der Waals surface area contributed by atoms with Gasteiger partial charge in [0.2, 0.25) is 0 Å². The monoisotopic (exact) mass is 140 g/mol. The summed E-state index contributed by atoms with van der Waals surface area (Å²) in [6, 6.07) is 0. The highest BCUT2D eigenvalue weighted by Crippen LogP contribution is 2.21. The number of hydrogen-bond donors (Lipinski definition) is 0. The fraction of sp³-hybridized carbons (Fsp3) is 0.556. The zero-order valence-electron chi connectivity index (χ0n) is 6.31. The molecule has 0 N–H and O–H groups in total. The predicted octanol–water partition coefficient (Wildman–Crippen LogP) is 3.22. The van der Waals surface area contributed by atoms with E-state index in [0.717, 1.165) is 19.3 Å². The second-order valence-corrected chi connectivity index (χ2v) is 2.74. The Bertz CT molecular complexity index is 156. The van der Waals surface area contributed by atoms with E-state index in [4.69, 9.17) is 0 Å². The van der Waals surface area contributed by atoms with Gasteiger partial charge in [-0.1, -0.05) is 19.4 Å². The van der Waals surface area contributed by atoms with Gasteiger partial charge in [0.05, 0.1) is 0 Å². The second kappa shape index (κ2) is 3.55. The summed E-state index contributed by atoms with van der Waals surface area (Å²) in [5.74, 6) is 0.389. The molecule has 0 aromatic carbocycles. The van der Waals surface area contributed by atoms with Crippen molar-refractivity contribution in [3.8, 4) is 0 Å². The SMILES string of the molecule is CCCC1C=C(F)C=CC1. The van der Waals surface area contributed by atoms with Crippen molar-refractivity contribution in [2.24, 2.45) is 5.92 Å². The van der Waals surface area contributed by atoms with Crippen molar-refractivity contribution in [2.45, 2.75) is 26.2 Å². The number of allylic oxidation sites excluding steroid dienone is 4. The smallest absolute Gasteiger partial charge is 0.119 e. The van der Waals surface area contributed by atoms with Crippen molar-refractivity contribution in [1.82, 2.24) is 0 Å². The molecule has 56 valence electrons. The van der Waals surface area contributed by atoms with Crippen LogP contribution in [0.5, 0.6) is 0 Å². The van der Waals surface area contributed by atoms with E-state index in [0.29, 0.717) is 5.92 Å². The normalized spacial score (nSPS) is 24.6. The van der Waals surface area contributed by atoms with Gasteiger partial charge in [-0.05, 0) is 30.9 Å². The molecule has 1 atom stereocenters. The molecule has 0 fully saturated rings. The number of halogens is 1. The number of hydrogen-bond acceptors (Lipinski definition) is 0. The Kier molecular flexibility index (Phi) is 2.67. The largest absolute Gasteiger partial charge is 0.207 e. The minimum Gasteiger partial charge on any atom is -0.207 e. The predicted molar refractivity (Wildman–Crippen MR) is 41.3 cm³/mol. The number of rotatable bonds is 2. The van der Waals surface area contributed by atoms with Crippen molar-refractivity contribution < 1.29 is 4.39 Å². The Hall–Kier alpha value is -0.590. The van der Waals surface area contributed by atoms with E-state index in [9.17, 15) is 4.39 Å². The van der Waals surface area contributed by atoms with E-state index in [2.05, 4.69) is 6.92 Å². The average molecular weight is 140 g/mol. The molecule has 0 heterocycles. The molecule has 0 spiro atoms. The van der Waals surface area contributed by atoms with Crippen LogP contribution in [0.3, 0.4) is 0 Å². The first-order valence-electron chi connectivity index (χ1n) is 3.86. The maximum atomic E-state index is 12.5. The maximum absolute atomic E-state index is 12.5. The first kappa shape index (κ1) is 7.52. The fourth-order valence-electron chi connectivity index (χ4n) is 1.28. The van der Waals surface area contributed by atoms with Crippen LogP contribution in [-0.4, -0.2) is 0 Å². The zero-order chi connectivity index (χ0) is 7.40. The molecule has 0 aromatic heterocycles. The van der Waals surface area contributed by atoms with Crippen LogP contribution < -0.4 is 0 Å². The molecule has 0 radical (unpaired) electrons. The second-order valence-electron chi connectivity index (χ2n) is 2.74. The molecule has 0 bridgehead atoms. The summed E-state index contributed by atoms with van der Waals surface area (Å²) < 4.78 is 12.5. The molecule has 1 aliphatic carbocycles. The van der Waals surface area contributed by atoms with Gasteiger partial charge in [-0.2, -0.15) is 0 Å². The summed E-state index contributed by atoms with van der Waals surface area (Å²) in [7, 11) is 0. The van der Waals surface area contributed by atoms with Crippen LogP contribution in [0, 0.1) is 5.92 Å². The Balaban J connectivity index is 2.43. The minimum absolute atomic E-state index is 0.0651. The summed E-state index contributed by atoms with van der Waals surface area (Å²) >= 11 is 0. The van der Waals surface area contributed by atoms with E-state index in [-0.39, 0.29) is 5.83 Å². The molecule has 0 aliphatic heterocycles. The lowest BCUT2D eigenvalue weighted by molar-refractivity contribution is 0.549. The van der Waals surface area contributed by atoms with Crippen molar-refractivity contribution in [1.29, 1.82) is 0 Å². The molecule has 1 rings (SSSR count). The van der Waals surface area contributed by atoms with Crippen LogP contribution >= 0.6 is 0 Å². The van der Waals surface area contributed by atoms with E-state index >= 15 is 0 Å². The van der Waals surface area contributed by atoms with Crippen molar-refractivity contribution in [3.63, 3.8) is 0 Å². The topological polar surface area (TPSA) is 0 Å². The van der Waals surface area contributed by atoms with Crippen molar-refractivity contribution >= 4 is 0 Å². The molecule has 0 saturated heterocycles. The molecule has 0 saturated carbocycles. The molecule has 0 nitrogen and oxygen atoms in total. The standard InChI is InChI=1S/C9H13F/c1-2-4-8-5-3-6-9(10)7-8/h3,6-8H,2,4-5H2,1H3. The Morgan fingerprint density at radius 3 is 3.10 bits per heavy atom. The van der Waals surface area contributed by atoms with Crippen molar-refractivity contribution in [2.75, 3.05) is 0 Å². The molecule has 1 unspecified atom stereocenters. The summed E-state index contributed by atoms with van der Waals surface area (Å²) in [5.41, 5.74) is 0. The van der Waals surface area contributed by atoms with Crippen LogP contribution in [0.25, 0.3) is 0 Å². The Labute approximate surface area is 61.4 Å². The lowest BCUT2D eigenvalue weighted by Crippen LogP contribution is -1.97. The van der Waals surface area contributed by atoms with Crippen LogP contribution in [0.2, 0.25) is 0 Å². The van der Waals surface area contributed by atoms with Gasteiger partial charge in [0.25, 0.3) is 0 Å². The van der Waals surface area contributed by atoms with Gasteiger partial charge >= 0.3 is 0 Å². The van der Waals surface area contributed by atoms with Gasteiger partial charge < -0.3 is 0 Å². The van der Waals surface area contributed by atoms with Gasteiger partial charge in [0.15, 0.2) is 0 Å². The van der Waals surface area contributed by atoms with E-state index in [1.807, 2.05) is 6.08 Å². The first-order valence-corrected chi connectivity index (χ1v) is 3.86. The fourth-order valence-corrected chi connectivity index (χ4v) is 1.28.